The Morgan fingerprint density at radius 3 is 2.58 bits per heavy atom. The molecule has 0 radical (unpaired) electrons. The average Bonchev–Trinajstić information content (AvgIpc) is 2.79. The molecule has 0 aliphatic carbocycles. The molecular formula is C25H30N2O4. The molecule has 1 heterocycles. The largest absolute Gasteiger partial charge is 0.466 e. The second-order valence-corrected chi connectivity index (χ2v) is 8.08. The van der Waals surface area contributed by atoms with E-state index in [1.54, 1.807) is 36.1 Å². The Kier molecular flexibility index (Phi) is 7.45. The maximum atomic E-state index is 13.0. The van der Waals surface area contributed by atoms with Gasteiger partial charge in [0.1, 0.15) is 0 Å². The molecule has 1 aliphatic rings. The standard InChI is InChI=1S/C25H30N2O4/c1-3-31-23(29)25(15-13-20-9-5-4-6-10-20)14-8-16-27(18-25)24(30)26-22-12-7-11-21(17-22)19(2)28/h4-7,9-12,17H,3,8,13-16,18H2,1-2H3,(H,26,30). The third-order valence-electron chi connectivity index (χ3n) is 5.83. The van der Waals surface area contributed by atoms with Crippen molar-refractivity contribution >= 4 is 23.5 Å². The van der Waals surface area contributed by atoms with E-state index in [1.165, 1.54) is 6.92 Å². The van der Waals surface area contributed by atoms with Gasteiger partial charge in [0.15, 0.2) is 5.78 Å². The minimum atomic E-state index is -0.720. The highest BCUT2D eigenvalue weighted by atomic mass is 16.5. The minimum absolute atomic E-state index is 0.0590. The van der Waals surface area contributed by atoms with Crippen LogP contribution in [0.1, 0.15) is 49.0 Å². The molecule has 0 spiro atoms. The smallest absolute Gasteiger partial charge is 0.321 e. The molecule has 6 nitrogen and oxygen atoms in total. The number of urea groups is 1. The van der Waals surface area contributed by atoms with Crippen LogP contribution < -0.4 is 5.32 Å². The average molecular weight is 423 g/mol. The van der Waals surface area contributed by atoms with Crippen molar-refractivity contribution in [2.75, 3.05) is 25.0 Å². The van der Waals surface area contributed by atoms with Crippen LogP contribution in [-0.4, -0.2) is 42.4 Å². The number of rotatable bonds is 7. The summed E-state index contributed by atoms with van der Waals surface area (Å²) in [7, 11) is 0. The SMILES string of the molecule is CCOC(=O)C1(CCc2ccccc2)CCCN(C(=O)Nc2cccc(C(C)=O)c2)C1. The molecule has 31 heavy (non-hydrogen) atoms. The lowest BCUT2D eigenvalue weighted by atomic mass is 9.75. The Hall–Kier alpha value is -3.15. The number of amides is 2. The van der Waals surface area contributed by atoms with Crippen molar-refractivity contribution in [3.8, 4) is 0 Å². The Bertz CT molecular complexity index is 928. The van der Waals surface area contributed by atoms with Crippen LogP contribution in [-0.2, 0) is 16.0 Å². The van der Waals surface area contributed by atoms with E-state index in [0.717, 1.165) is 18.4 Å². The van der Waals surface area contributed by atoms with E-state index in [4.69, 9.17) is 4.74 Å². The highest BCUT2D eigenvalue weighted by Crippen LogP contribution is 2.36. The number of aryl methyl sites for hydroxylation is 1. The summed E-state index contributed by atoms with van der Waals surface area (Å²) in [6, 6.07) is 16.7. The normalized spacial score (nSPS) is 18.3. The van der Waals surface area contributed by atoms with E-state index in [0.29, 0.717) is 43.8 Å². The van der Waals surface area contributed by atoms with Gasteiger partial charge in [-0.25, -0.2) is 4.79 Å². The fourth-order valence-corrected chi connectivity index (χ4v) is 4.11. The number of hydrogen-bond donors (Lipinski definition) is 1. The molecular weight excluding hydrogens is 392 g/mol. The number of anilines is 1. The van der Waals surface area contributed by atoms with E-state index in [9.17, 15) is 14.4 Å². The molecule has 2 aromatic rings. The van der Waals surface area contributed by atoms with Gasteiger partial charge in [0.2, 0.25) is 0 Å². The van der Waals surface area contributed by atoms with Crippen LogP contribution >= 0.6 is 0 Å². The number of Topliss-reactive ketones (excluding diaryl/α,β-unsaturated/α-hetero) is 1. The number of nitrogens with one attached hydrogen (secondary N) is 1. The molecule has 2 aromatic carbocycles. The van der Waals surface area contributed by atoms with Gasteiger partial charge in [-0.2, -0.15) is 0 Å². The van der Waals surface area contributed by atoms with Gasteiger partial charge in [0, 0.05) is 24.3 Å². The zero-order chi connectivity index (χ0) is 22.3. The minimum Gasteiger partial charge on any atom is -0.466 e. The maximum absolute atomic E-state index is 13.0. The summed E-state index contributed by atoms with van der Waals surface area (Å²) in [6.07, 6.45) is 2.80. The Labute approximate surface area is 183 Å². The number of ketones is 1. The molecule has 2 amide bonds. The van der Waals surface area contributed by atoms with E-state index in [1.807, 2.05) is 30.3 Å². The molecule has 0 bridgehead atoms. The van der Waals surface area contributed by atoms with E-state index in [-0.39, 0.29) is 17.8 Å². The van der Waals surface area contributed by atoms with Crippen molar-refractivity contribution in [3.05, 3.63) is 65.7 Å². The zero-order valence-electron chi connectivity index (χ0n) is 18.2. The highest BCUT2D eigenvalue weighted by molar-refractivity contribution is 5.96. The fraction of sp³-hybridized carbons (Fsp3) is 0.400. The number of piperidine rings is 1. The summed E-state index contributed by atoms with van der Waals surface area (Å²) < 4.78 is 5.43. The quantitative estimate of drug-likeness (QED) is 0.518. The third-order valence-corrected chi connectivity index (χ3v) is 5.83. The number of esters is 1. The predicted octanol–water partition coefficient (Wildman–Crippen LogP) is 4.70. The molecule has 6 heteroatoms. The maximum Gasteiger partial charge on any atom is 0.321 e. The van der Waals surface area contributed by atoms with Gasteiger partial charge < -0.3 is 15.0 Å². The molecule has 0 aromatic heterocycles. The second-order valence-electron chi connectivity index (χ2n) is 8.08. The number of likely N-dealkylation sites (tertiary alicyclic amines) is 1. The van der Waals surface area contributed by atoms with Gasteiger partial charge in [0.25, 0.3) is 0 Å². The van der Waals surface area contributed by atoms with Gasteiger partial charge in [0.05, 0.1) is 12.0 Å². The molecule has 3 rings (SSSR count). The number of carbonyl (C=O) groups excluding carboxylic acids is 3. The molecule has 1 atom stereocenters. The summed E-state index contributed by atoms with van der Waals surface area (Å²) in [4.78, 5) is 39.2. The molecule has 1 saturated heterocycles. The second kappa shape index (κ2) is 10.2. The van der Waals surface area contributed by atoms with Gasteiger partial charge in [-0.05, 0) is 57.2 Å². The van der Waals surface area contributed by atoms with Gasteiger partial charge >= 0.3 is 12.0 Å². The lowest BCUT2D eigenvalue weighted by Gasteiger charge is -2.41. The van der Waals surface area contributed by atoms with Crippen molar-refractivity contribution in [1.82, 2.24) is 4.90 Å². The van der Waals surface area contributed by atoms with Crippen molar-refractivity contribution in [3.63, 3.8) is 0 Å². The van der Waals surface area contributed by atoms with Gasteiger partial charge in [-0.3, -0.25) is 9.59 Å². The number of nitrogens with zero attached hydrogens (tertiary/aromatic N) is 1. The first kappa shape index (κ1) is 22.5. The van der Waals surface area contributed by atoms with Crippen molar-refractivity contribution in [1.29, 1.82) is 0 Å². The number of hydrogen-bond acceptors (Lipinski definition) is 4. The van der Waals surface area contributed by atoms with Crippen LogP contribution in [0.3, 0.4) is 0 Å². The van der Waals surface area contributed by atoms with Gasteiger partial charge in [-0.1, -0.05) is 42.5 Å². The molecule has 1 unspecified atom stereocenters. The summed E-state index contributed by atoms with van der Waals surface area (Å²) >= 11 is 0. The Morgan fingerprint density at radius 2 is 1.87 bits per heavy atom. The predicted molar refractivity (Wildman–Crippen MR) is 120 cm³/mol. The first-order valence-corrected chi connectivity index (χ1v) is 10.8. The number of carbonyl (C=O) groups is 3. The van der Waals surface area contributed by atoms with E-state index < -0.39 is 5.41 Å². The summed E-state index contributed by atoms with van der Waals surface area (Å²) in [5.74, 6) is -0.293. The first-order valence-electron chi connectivity index (χ1n) is 10.8. The van der Waals surface area contributed by atoms with Crippen molar-refractivity contribution < 1.29 is 19.1 Å². The Balaban J connectivity index is 1.74. The summed E-state index contributed by atoms with van der Waals surface area (Å²) in [5, 5.41) is 2.87. The van der Waals surface area contributed by atoms with Crippen LogP contribution in [0.4, 0.5) is 10.5 Å². The molecule has 1 aliphatic heterocycles. The lowest BCUT2D eigenvalue weighted by molar-refractivity contribution is -0.158. The van der Waals surface area contributed by atoms with Gasteiger partial charge in [-0.15, -0.1) is 0 Å². The summed E-state index contributed by atoms with van der Waals surface area (Å²) in [5.41, 5.74) is 1.55. The third kappa shape index (κ3) is 5.72. The van der Waals surface area contributed by atoms with E-state index in [2.05, 4.69) is 5.32 Å². The monoisotopic (exact) mass is 422 g/mol. The zero-order valence-corrected chi connectivity index (χ0v) is 18.2. The molecule has 1 fully saturated rings. The van der Waals surface area contributed by atoms with Crippen molar-refractivity contribution in [2.24, 2.45) is 5.41 Å². The number of ether oxygens (including phenoxy) is 1. The van der Waals surface area contributed by atoms with Crippen LogP contribution in [0.5, 0.6) is 0 Å². The Morgan fingerprint density at radius 1 is 1.10 bits per heavy atom. The fourth-order valence-electron chi connectivity index (χ4n) is 4.11. The lowest BCUT2D eigenvalue weighted by Crippen LogP contribution is -2.51. The molecule has 164 valence electrons. The van der Waals surface area contributed by atoms with E-state index >= 15 is 0 Å². The first-order chi connectivity index (χ1) is 14.9. The highest BCUT2D eigenvalue weighted by Gasteiger charge is 2.44. The molecule has 1 N–H and O–H groups in total. The topological polar surface area (TPSA) is 75.7 Å². The molecule has 0 saturated carbocycles. The van der Waals surface area contributed by atoms with Crippen LogP contribution in [0, 0.1) is 5.41 Å². The van der Waals surface area contributed by atoms with Crippen LogP contribution in [0.2, 0.25) is 0 Å². The van der Waals surface area contributed by atoms with Crippen LogP contribution in [0.15, 0.2) is 54.6 Å². The van der Waals surface area contributed by atoms with Crippen LogP contribution in [0.25, 0.3) is 0 Å². The summed E-state index contributed by atoms with van der Waals surface area (Å²) in [6.45, 7) is 4.50. The number of benzene rings is 2. The van der Waals surface area contributed by atoms with Crippen molar-refractivity contribution in [2.45, 2.75) is 39.5 Å².